The molecule has 0 aliphatic heterocycles. The maximum atomic E-state index is 13.3. The molecule has 3 N–H and O–H groups in total. The second-order valence-corrected chi connectivity index (χ2v) is 4.61. The van der Waals surface area contributed by atoms with Crippen LogP contribution < -0.4 is 11.1 Å². The van der Waals surface area contributed by atoms with Crippen molar-refractivity contribution >= 4 is 5.91 Å². The van der Waals surface area contributed by atoms with Crippen molar-refractivity contribution in [2.75, 3.05) is 13.1 Å². The number of nitrogens with one attached hydrogen (secondary N) is 1. The molecule has 1 aliphatic carbocycles. The second-order valence-electron chi connectivity index (χ2n) is 4.61. The molecular formula is C12H13F3N2O. The highest BCUT2D eigenvalue weighted by Crippen LogP contribution is 2.43. The Morgan fingerprint density at radius 2 is 1.94 bits per heavy atom. The molecule has 18 heavy (non-hydrogen) atoms. The van der Waals surface area contributed by atoms with Gasteiger partial charge in [-0.15, -0.1) is 0 Å². The maximum Gasteiger partial charge on any atom is 0.254 e. The average Bonchev–Trinajstić information content (AvgIpc) is 3.14. The van der Waals surface area contributed by atoms with Crippen LogP contribution in [0.1, 0.15) is 23.2 Å². The zero-order valence-corrected chi connectivity index (χ0v) is 9.60. The number of hydrogen-bond donors (Lipinski definition) is 2. The normalized spacial score (nSPS) is 16.4. The van der Waals surface area contributed by atoms with Crippen molar-refractivity contribution in [1.82, 2.24) is 5.32 Å². The highest BCUT2D eigenvalue weighted by molar-refractivity contribution is 5.94. The van der Waals surface area contributed by atoms with E-state index in [0.717, 1.165) is 25.0 Å². The van der Waals surface area contributed by atoms with Crippen LogP contribution in [0.3, 0.4) is 0 Å². The number of benzene rings is 1. The van der Waals surface area contributed by atoms with Gasteiger partial charge in [0.25, 0.3) is 5.91 Å². The number of nitrogens with two attached hydrogens (primary N) is 1. The lowest BCUT2D eigenvalue weighted by atomic mass is 10.1. The van der Waals surface area contributed by atoms with E-state index < -0.39 is 28.9 Å². The van der Waals surface area contributed by atoms with Crippen molar-refractivity contribution in [2.45, 2.75) is 12.8 Å². The molecule has 6 heteroatoms. The van der Waals surface area contributed by atoms with E-state index in [2.05, 4.69) is 5.32 Å². The third-order valence-corrected chi connectivity index (χ3v) is 3.29. The van der Waals surface area contributed by atoms with E-state index in [9.17, 15) is 18.0 Å². The maximum absolute atomic E-state index is 13.3. The van der Waals surface area contributed by atoms with Crippen LogP contribution in [0.2, 0.25) is 0 Å². The van der Waals surface area contributed by atoms with Crippen molar-refractivity contribution in [2.24, 2.45) is 11.1 Å². The first-order chi connectivity index (χ1) is 8.49. The van der Waals surface area contributed by atoms with Gasteiger partial charge in [0.05, 0.1) is 5.56 Å². The number of amides is 1. The Morgan fingerprint density at radius 1 is 1.28 bits per heavy atom. The molecule has 0 aromatic heterocycles. The Bertz CT molecular complexity index is 486. The van der Waals surface area contributed by atoms with Crippen LogP contribution in [-0.2, 0) is 0 Å². The minimum Gasteiger partial charge on any atom is -0.351 e. The van der Waals surface area contributed by atoms with E-state index in [0.29, 0.717) is 13.1 Å². The van der Waals surface area contributed by atoms with Crippen LogP contribution in [0.4, 0.5) is 13.2 Å². The van der Waals surface area contributed by atoms with Crippen molar-refractivity contribution < 1.29 is 18.0 Å². The standard InChI is InChI=1S/C12H13F3N2O/c13-8-2-1-7(9(14)10(8)15)11(18)17-6-12(5-16)3-4-12/h1-2H,3-6,16H2,(H,17,18). The molecule has 1 aliphatic rings. The van der Waals surface area contributed by atoms with Crippen molar-refractivity contribution in [3.63, 3.8) is 0 Å². The largest absolute Gasteiger partial charge is 0.351 e. The van der Waals surface area contributed by atoms with Crippen LogP contribution in [0.5, 0.6) is 0 Å². The van der Waals surface area contributed by atoms with Gasteiger partial charge in [0.1, 0.15) is 0 Å². The van der Waals surface area contributed by atoms with Crippen LogP contribution in [0.25, 0.3) is 0 Å². The molecule has 1 fully saturated rings. The molecule has 0 bridgehead atoms. The van der Waals surface area contributed by atoms with E-state index >= 15 is 0 Å². The third-order valence-electron chi connectivity index (χ3n) is 3.29. The third kappa shape index (κ3) is 2.33. The molecule has 1 aromatic carbocycles. The predicted octanol–water partition coefficient (Wildman–Crippen LogP) is 1.57. The van der Waals surface area contributed by atoms with Crippen molar-refractivity contribution in [3.8, 4) is 0 Å². The van der Waals surface area contributed by atoms with Gasteiger partial charge in [-0.05, 0) is 31.5 Å². The fourth-order valence-electron chi connectivity index (χ4n) is 1.69. The van der Waals surface area contributed by atoms with E-state index in [4.69, 9.17) is 5.73 Å². The Hall–Kier alpha value is -1.56. The Morgan fingerprint density at radius 3 is 2.50 bits per heavy atom. The highest BCUT2D eigenvalue weighted by Gasteiger charge is 2.41. The molecule has 2 rings (SSSR count). The first kappa shape index (κ1) is 12.9. The van der Waals surface area contributed by atoms with Gasteiger partial charge < -0.3 is 11.1 Å². The minimum atomic E-state index is -1.64. The van der Waals surface area contributed by atoms with E-state index in [1.54, 1.807) is 0 Å². The Kier molecular flexibility index (Phi) is 3.30. The van der Waals surface area contributed by atoms with Gasteiger partial charge in [0, 0.05) is 12.0 Å². The van der Waals surface area contributed by atoms with Crippen LogP contribution in [-0.4, -0.2) is 19.0 Å². The smallest absolute Gasteiger partial charge is 0.254 e. The number of rotatable bonds is 4. The van der Waals surface area contributed by atoms with E-state index in [1.807, 2.05) is 0 Å². The first-order valence-corrected chi connectivity index (χ1v) is 5.61. The van der Waals surface area contributed by atoms with Gasteiger partial charge in [0.2, 0.25) is 0 Å². The van der Waals surface area contributed by atoms with Gasteiger partial charge in [-0.1, -0.05) is 0 Å². The molecule has 0 atom stereocenters. The SMILES string of the molecule is NCC1(CNC(=O)c2ccc(F)c(F)c2F)CC1. The summed E-state index contributed by atoms with van der Waals surface area (Å²) in [4.78, 5) is 11.6. The molecule has 0 radical (unpaired) electrons. The zero-order valence-electron chi connectivity index (χ0n) is 9.60. The minimum absolute atomic E-state index is 0.106. The molecule has 1 saturated carbocycles. The monoisotopic (exact) mass is 258 g/mol. The first-order valence-electron chi connectivity index (χ1n) is 5.61. The van der Waals surface area contributed by atoms with Crippen LogP contribution in [0.15, 0.2) is 12.1 Å². The number of carbonyl (C=O) groups is 1. The number of halogens is 3. The molecule has 3 nitrogen and oxygen atoms in total. The molecule has 1 amide bonds. The molecule has 0 heterocycles. The fraction of sp³-hybridized carbons (Fsp3) is 0.417. The lowest BCUT2D eigenvalue weighted by molar-refractivity contribution is 0.0940. The topological polar surface area (TPSA) is 55.1 Å². The average molecular weight is 258 g/mol. The van der Waals surface area contributed by atoms with E-state index in [1.165, 1.54) is 0 Å². The van der Waals surface area contributed by atoms with Crippen molar-refractivity contribution in [3.05, 3.63) is 35.1 Å². The second kappa shape index (κ2) is 4.61. The summed E-state index contributed by atoms with van der Waals surface area (Å²) in [5.74, 6) is -5.18. The molecular weight excluding hydrogens is 245 g/mol. The lowest BCUT2D eigenvalue weighted by Crippen LogP contribution is -2.34. The molecule has 0 unspecified atom stereocenters. The van der Waals surface area contributed by atoms with E-state index in [-0.39, 0.29) is 5.41 Å². The summed E-state index contributed by atoms with van der Waals surface area (Å²) in [5, 5.41) is 2.49. The lowest BCUT2D eigenvalue weighted by Gasteiger charge is -2.13. The highest BCUT2D eigenvalue weighted by atomic mass is 19.2. The van der Waals surface area contributed by atoms with Crippen LogP contribution >= 0.6 is 0 Å². The summed E-state index contributed by atoms with van der Waals surface area (Å²) >= 11 is 0. The predicted molar refractivity (Wildman–Crippen MR) is 59.4 cm³/mol. The van der Waals surface area contributed by atoms with Gasteiger partial charge in [0.15, 0.2) is 17.5 Å². The summed E-state index contributed by atoms with van der Waals surface area (Å²) < 4.78 is 39.0. The van der Waals surface area contributed by atoms with Gasteiger partial charge in [-0.2, -0.15) is 0 Å². The summed E-state index contributed by atoms with van der Waals surface area (Å²) in [5.41, 5.74) is 4.93. The van der Waals surface area contributed by atoms with Crippen LogP contribution in [0, 0.1) is 22.9 Å². The quantitative estimate of drug-likeness (QED) is 0.805. The molecule has 0 spiro atoms. The fourth-order valence-corrected chi connectivity index (χ4v) is 1.69. The number of hydrogen-bond acceptors (Lipinski definition) is 2. The number of carbonyl (C=O) groups excluding carboxylic acids is 1. The van der Waals surface area contributed by atoms with Gasteiger partial charge in [-0.3, -0.25) is 4.79 Å². The Labute approximate surface area is 102 Å². The Balaban J connectivity index is 2.07. The molecule has 0 saturated heterocycles. The van der Waals surface area contributed by atoms with Gasteiger partial charge >= 0.3 is 0 Å². The van der Waals surface area contributed by atoms with Crippen molar-refractivity contribution in [1.29, 1.82) is 0 Å². The molecule has 1 aromatic rings. The summed E-state index contributed by atoms with van der Waals surface area (Å²) in [7, 11) is 0. The summed E-state index contributed by atoms with van der Waals surface area (Å²) in [6, 6.07) is 1.65. The molecule has 98 valence electrons. The zero-order chi connectivity index (χ0) is 13.3. The van der Waals surface area contributed by atoms with Gasteiger partial charge in [-0.25, -0.2) is 13.2 Å². The summed E-state index contributed by atoms with van der Waals surface area (Å²) in [6.07, 6.45) is 1.81. The summed E-state index contributed by atoms with van der Waals surface area (Å²) in [6.45, 7) is 0.758.